The van der Waals surface area contributed by atoms with E-state index in [4.69, 9.17) is 4.74 Å². The summed E-state index contributed by atoms with van der Waals surface area (Å²) >= 11 is 0. The first-order valence-electron chi connectivity index (χ1n) is 7.17. The van der Waals surface area contributed by atoms with Crippen LogP contribution in [0.25, 0.3) is 0 Å². The topological polar surface area (TPSA) is 107 Å². The maximum absolute atomic E-state index is 12.0. The van der Waals surface area contributed by atoms with E-state index in [0.717, 1.165) is 23.8 Å². The lowest BCUT2D eigenvalue weighted by Gasteiger charge is -2.06. The summed E-state index contributed by atoms with van der Waals surface area (Å²) in [6.07, 6.45) is -0.379. The molecule has 0 saturated heterocycles. The van der Waals surface area contributed by atoms with Gasteiger partial charge in [0, 0.05) is 18.6 Å². The lowest BCUT2D eigenvalue weighted by atomic mass is 10.0. The molecule has 0 radical (unpaired) electrons. The van der Waals surface area contributed by atoms with E-state index in [0.29, 0.717) is 0 Å². The average molecular weight is 329 g/mol. The summed E-state index contributed by atoms with van der Waals surface area (Å²) in [5.74, 6) is -1.48. The van der Waals surface area contributed by atoms with Crippen molar-refractivity contribution in [3.8, 4) is 5.75 Å². The minimum Gasteiger partial charge on any atom is -0.507 e. The first kappa shape index (κ1) is 17.1. The van der Waals surface area contributed by atoms with E-state index in [1.165, 1.54) is 0 Å². The molecule has 0 heterocycles. The van der Waals surface area contributed by atoms with Crippen LogP contribution < -0.4 is 0 Å². The summed E-state index contributed by atoms with van der Waals surface area (Å²) in [7, 11) is 0. The molecule has 0 atom stereocenters. The van der Waals surface area contributed by atoms with E-state index in [1.807, 2.05) is 18.2 Å². The summed E-state index contributed by atoms with van der Waals surface area (Å²) in [4.78, 5) is 33.7. The number of nitro benzene ring substituents is 1. The molecule has 0 saturated carbocycles. The molecule has 2 aromatic rings. The second-order valence-corrected chi connectivity index (χ2v) is 5.03. The van der Waals surface area contributed by atoms with Gasteiger partial charge in [0.15, 0.2) is 5.78 Å². The molecule has 0 fully saturated rings. The Morgan fingerprint density at radius 1 is 1.08 bits per heavy atom. The summed E-state index contributed by atoms with van der Waals surface area (Å²) in [6.45, 7) is 0.107. The van der Waals surface area contributed by atoms with Crippen molar-refractivity contribution in [1.82, 2.24) is 0 Å². The fourth-order valence-corrected chi connectivity index (χ4v) is 2.02. The summed E-state index contributed by atoms with van der Waals surface area (Å²) in [5.41, 5.74) is 0.344. The van der Waals surface area contributed by atoms with Crippen LogP contribution in [-0.4, -0.2) is 21.8 Å². The molecule has 0 amide bonds. The van der Waals surface area contributed by atoms with E-state index in [9.17, 15) is 24.8 Å². The molecule has 2 rings (SSSR count). The fourth-order valence-electron chi connectivity index (χ4n) is 2.02. The third-order valence-electron chi connectivity index (χ3n) is 3.29. The maximum Gasteiger partial charge on any atom is 0.306 e. The Morgan fingerprint density at radius 2 is 1.79 bits per heavy atom. The molecule has 0 spiro atoms. The highest BCUT2D eigenvalue weighted by Crippen LogP contribution is 2.24. The first-order chi connectivity index (χ1) is 11.5. The molecular weight excluding hydrogens is 314 g/mol. The lowest BCUT2D eigenvalue weighted by molar-refractivity contribution is -0.384. The highest BCUT2D eigenvalue weighted by atomic mass is 16.6. The van der Waals surface area contributed by atoms with Crippen molar-refractivity contribution < 1.29 is 24.4 Å². The van der Waals surface area contributed by atoms with Gasteiger partial charge >= 0.3 is 5.97 Å². The number of Topliss-reactive ketones (excluding diaryl/α,β-unsaturated/α-hetero) is 1. The first-order valence-corrected chi connectivity index (χ1v) is 7.17. The number of non-ortho nitro benzene ring substituents is 1. The normalized spacial score (nSPS) is 10.2. The van der Waals surface area contributed by atoms with Crippen molar-refractivity contribution in [2.75, 3.05) is 0 Å². The van der Waals surface area contributed by atoms with Gasteiger partial charge < -0.3 is 9.84 Å². The molecule has 7 nitrogen and oxygen atoms in total. The van der Waals surface area contributed by atoms with Crippen molar-refractivity contribution in [1.29, 1.82) is 0 Å². The highest BCUT2D eigenvalue weighted by molar-refractivity contribution is 6.00. The van der Waals surface area contributed by atoms with Crippen LogP contribution in [0.3, 0.4) is 0 Å². The molecule has 0 aliphatic rings. The van der Waals surface area contributed by atoms with Crippen molar-refractivity contribution in [3.63, 3.8) is 0 Å². The largest absolute Gasteiger partial charge is 0.507 e. The number of phenols is 1. The van der Waals surface area contributed by atoms with Gasteiger partial charge in [-0.3, -0.25) is 19.7 Å². The van der Waals surface area contributed by atoms with Crippen molar-refractivity contribution in [2.45, 2.75) is 19.4 Å². The minimum atomic E-state index is -0.662. The van der Waals surface area contributed by atoms with E-state index in [1.54, 1.807) is 12.1 Å². The number of hydrogen-bond acceptors (Lipinski definition) is 6. The van der Waals surface area contributed by atoms with E-state index >= 15 is 0 Å². The minimum absolute atomic E-state index is 0.107. The highest BCUT2D eigenvalue weighted by Gasteiger charge is 2.17. The van der Waals surface area contributed by atoms with Gasteiger partial charge in [0.05, 0.1) is 16.9 Å². The van der Waals surface area contributed by atoms with Gasteiger partial charge in [0.1, 0.15) is 12.4 Å². The predicted octanol–water partition coefficient (Wildman–Crippen LogP) is 3.01. The molecule has 124 valence electrons. The van der Waals surface area contributed by atoms with Crippen LogP contribution in [0.2, 0.25) is 0 Å². The summed E-state index contributed by atoms with van der Waals surface area (Å²) < 4.78 is 5.04. The monoisotopic (exact) mass is 329 g/mol. The van der Waals surface area contributed by atoms with Crippen LogP contribution >= 0.6 is 0 Å². The van der Waals surface area contributed by atoms with Crippen molar-refractivity contribution >= 4 is 17.4 Å². The molecular formula is C17H15NO6. The van der Waals surface area contributed by atoms with Gasteiger partial charge in [-0.1, -0.05) is 30.3 Å². The number of ether oxygens (including phenoxy) is 1. The van der Waals surface area contributed by atoms with Gasteiger partial charge in [-0.2, -0.15) is 0 Å². The Hall–Kier alpha value is -3.22. The Morgan fingerprint density at radius 3 is 2.46 bits per heavy atom. The number of aromatic hydroxyl groups is 1. The van der Waals surface area contributed by atoms with Gasteiger partial charge in [-0.15, -0.1) is 0 Å². The Labute approximate surface area is 137 Å². The molecule has 24 heavy (non-hydrogen) atoms. The number of ketones is 1. The molecule has 1 N–H and O–H groups in total. The van der Waals surface area contributed by atoms with Gasteiger partial charge in [-0.05, 0) is 11.6 Å². The SMILES string of the molecule is O=C(CCC(=O)c1cc([N+](=O)[O-])ccc1O)OCc1ccccc1. The molecule has 2 aromatic carbocycles. The number of benzene rings is 2. The quantitative estimate of drug-likeness (QED) is 0.362. The zero-order valence-electron chi connectivity index (χ0n) is 12.7. The number of carbonyl (C=O) groups is 2. The Balaban J connectivity index is 1.89. The second-order valence-electron chi connectivity index (χ2n) is 5.03. The lowest BCUT2D eigenvalue weighted by Crippen LogP contribution is -2.08. The molecule has 7 heteroatoms. The summed E-state index contributed by atoms with van der Waals surface area (Å²) in [6, 6.07) is 12.3. The number of hydrogen-bond donors (Lipinski definition) is 1. The maximum atomic E-state index is 12.0. The van der Waals surface area contributed by atoms with Crippen LogP contribution in [0.15, 0.2) is 48.5 Å². The third-order valence-corrected chi connectivity index (χ3v) is 3.29. The summed E-state index contributed by atoms with van der Waals surface area (Å²) in [5, 5.41) is 20.4. The standard InChI is InChI=1S/C17H15NO6/c19-15-7-6-13(18(22)23)10-14(15)16(20)8-9-17(21)24-11-12-4-2-1-3-5-12/h1-7,10,19H,8-9,11H2. The van der Waals surface area contributed by atoms with E-state index < -0.39 is 16.7 Å². The number of nitrogens with zero attached hydrogens (tertiary/aromatic N) is 1. The number of phenolic OH excluding ortho intramolecular Hbond substituents is 1. The smallest absolute Gasteiger partial charge is 0.306 e. The Bertz CT molecular complexity index is 757. The number of carbonyl (C=O) groups excluding carboxylic acids is 2. The molecule has 0 unspecified atom stereocenters. The van der Waals surface area contributed by atoms with E-state index in [-0.39, 0.29) is 36.4 Å². The van der Waals surface area contributed by atoms with Crippen LogP contribution in [0.1, 0.15) is 28.8 Å². The van der Waals surface area contributed by atoms with Crippen molar-refractivity contribution in [2.24, 2.45) is 0 Å². The van der Waals surface area contributed by atoms with Crippen LogP contribution in [0.5, 0.6) is 5.75 Å². The average Bonchev–Trinajstić information content (AvgIpc) is 2.59. The molecule has 0 aliphatic heterocycles. The van der Waals surface area contributed by atoms with Gasteiger partial charge in [0.2, 0.25) is 0 Å². The molecule has 0 aromatic heterocycles. The third kappa shape index (κ3) is 4.64. The molecule has 0 aliphatic carbocycles. The van der Waals surface area contributed by atoms with Crippen LogP contribution in [0.4, 0.5) is 5.69 Å². The van der Waals surface area contributed by atoms with Crippen LogP contribution in [0, 0.1) is 10.1 Å². The van der Waals surface area contributed by atoms with Gasteiger partial charge in [-0.25, -0.2) is 0 Å². The fraction of sp³-hybridized carbons (Fsp3) is 0.176. The zero-order chi connectivity index (χ0) is 17.5. The zero-order valence-corrected chi connectivity index (χ0v) is 12.7. The Kier molecular flexibility index (Phi) is 5.62. The van der Waals surface area contributed by atoms with Crippen LogP contribution in [-0.2, 0) is 16.1 Å². The van der Waals surface area contributed by atoms with Crippen molar-refractivity contribution in [3.05, 3.63) is 69.8 Å². The number of esters is 1. The number of rotatable bonds is 7. The van der Waals surface area contributed by atoms with E-state index in [2.05, 4.69) is 0 Å². The van der Waals surface area contributed by atoms with Gasteiger partial charge in [0.25, 0.3) is 5.69 Å². The molecule has 0 bridgehead atoms. The second kappa shape index (κ2) is 7.87. The predicted molar refractivity (Wildman–Crippen MR) is 84.6 cm³/mol. The number of nitro groups is 1.